The summed E-state index contributed by atoms with van der Waals surface area (Å²) in [5.41, 5.74) is 0. The van der Waals surface area contributed by atoms with Crippen LogP contribution in [0.1, 0.15) is 29.1 Å². The van der Waals surface area contributed by atoms with E-state index in [0.29, 0.717) is 18.3 Å². The van der Waals surface area contributed by atoms with Crippen LogP contribution in [0.3, 0.4) is 0 Å². The zero-order valence-electron chi connectivity index (χ0n) is 12.5. The fourth-order valence-electron chi connectivity index (χ4n) is 1.53. The molecule has 2 rings (SSSR count). The Hall–Kier alpha value is -2.10. The minimum atomic E-state index is -0.466. The van der Waals surface area contributed by atoms with E-state index in [2.05, 4.69) is 10.3 Å². The van der Waals surface area contributed by atoms with Gasteiger partial charge in [-0.25, -0.2) is 9.78 Å². The van der Waals surface area contributed by atoms with E-state index in [1.807, 2.05) is 58.0 Å². The minimum Gasteiger partial charge on any atom is -0.449 e. The number of anilines is 1. The molecule has 0 saturated carbocycles. The van der Waals surface area contributed by atoms with Gasteiger partial charge in [-0.1, -0.05) is 52.0 Å². The lowest BCUT2D eigenvalue weighted by Crippen LogP contribution is -2.17. The standard InChI is InChI=1S/C14H16N2O2.C2H6.H2/c1-10(2)9-18-14(17)16-13-7-11-5-3-4-6-12(11)8-15-13;1-2;/h3-8,10H,9H2,1-2H3,(H,15,16,17);1-2H3;1H. The fourth-order valence-corrected chi connectivity index (χ4v) is 1.53. The molecule has 0 spiro atoms. The summed E-state index contributed by atoms with van der Waals surface area (Å²) in [6, 6.07) is 9.67. The van der Waals surface area contributed by atoms with Gasteiger partial charge in [0.15, 0.2) is 0 Å². The molecule has 4 nitrogen and oxygen atoms in total. The van der Waals surface area contributed by atoms with Crippen molar-refractivity contribution in [2.45, 2.75) is 27.7 Å². The second kappa shape index (κ2) is 8.15. The van der Waals surface area contributed by atoms with E-state index in [-0.39, 0.29) is 1.43 Å². The summed E-state index contributed by atoms with van der Waals surface area (Å²) in [6.45, 7) is 8.38. The van der Waals surface area contributed by atoms with Crippen LogP contribution in [0.5, 0.6) is 0 Å². The number of benzene rings is 1. The Morgan fingerprint density at radius 3 is 2.60 bits per heavy atom. The van der Waals surface area contributed by atoms with Crippen molar-refractivity contribution in [1.82, 2.24) is 4.98 Å². The number of nitrogens with one attached hydrogen (secondary N) is 1. The second-order valence-electron chi connectivity index (χ2n) is 4.53. The Bertz CT molecular complexity index is 559. The third kappa shape index (κ3) is 4.88. The number of pyridine rings is 1. The molecular formula is C16H24N2O2. The van der Waals surface area contributed by atoms with Crippen LogP contribution >= 0.6 is 0 Å². The molecule has 1 aromatic heterocycles. The number of nitrogens with zero attached hydrogens (tertiary/aromatic N) is 1. The van der Waals surface area contributed by atoms with Crippen molar-refractivity contribution in [2.75, 3.05) is 11.9 Å². The lowest BCUT2D eigenvalue weighted by molar-refractivity contribution is 0.147. The third-order valence-corrected chi connectivity index (χ3v) is 2.41. The van der Waals surface area contributed by atoms with Gasteiger partial charge >= 0.3 is 6.09 Å². The van der Waals surface area contributed by atoms with E-state index in [4.69, 9.17) is 4.74 Å². The molecule has 1 N–H and O–H groups in total. The number of aromatic nitrogens is 1. The van der Waals surface area contributed by atoms with Crippen LogP contribution in [0.15, 0.2) is 36.5 Å². The highest BCUT2D eigenvalue weighted by Gasteiger charge is 2.05. The van der Waals surface area contributed by atoms with Crippen LogP contribution in [-0.4, -0.2) is 17.7 Å². The molecule has 1 aromatic carbocycles. The number of carbonyl (C=O) groups excluding carboxylic acids is 1. The number of rotatable bonds is 3. The first-order valence-corrected chi connectivity index (χ1v) is 6.94. The minimum absolute atomic E-state index is 0. The zero-order chi connectivity index (χ0) is 15.0. The van der Waals surface area contributed by atoms with Crippen molar-refractivity contribution < 1.29 is 11.0 Å². The molecule has 0 saturated heterocycles. The molecule has 0 fully saturated rings. The molecule has 1 heterocycles. The van der Waals surface area contributed by atoms with Gasteiger partial charge < -0.3 is 4.74 Å². The van der Waals surface area contributed by atoms with E-state index < -0.39 is 6.09 Å². The molecule has 0 aliphatic carbocycles. The Kier molecular flexibility index (Phi) is 6.50. The Balaban J connectivity index is 0.00000128. The number of hydrogen-bond acceptors (Lipinski definition) is 3. The van der Waals surface area contributed by atoms with Gasteiger partial charge in [-0.15, -0.1) is 0 Å². The average molecular weight is 276 g/mol. The average Bonchev–Trinajstić information content (AvgIpc) is 2.47. The van der Waals surface area contributed by atoms with E-state index in [9.17, 15) is 4.79 Å². The molecule has 0 aliphatic rings. The highest BCUT2D eigenvalue weighted by atomic mass is 16.5. The predicted molar refractivity (Wildman–Crippen MR) is 85.0 cm³/mol. The van der Waals surface area contributed by atoms with Gasteiger partial charge in [-0.05, 0) is 17.4 Å². The third-order valence-electron chi connectivity index (χ3n) is 2.41. The van der Waals surface area contributed by atoms with Gasteiger partial charge in [0.2, 0.25) is 0 Å². The maximum absolute atomic E-state index is 11.5. The first-order valence-electron chi connectivity index (χ1n) is 6.94. The highest BCUT2D eigenvalue weighted by molar-refractivity contribution is 5.89. The summed E-state index contributed by atoms with van der Waals surface area (Å²) in [5, 5.41) is 4.69. The molecule has 4 heteroatoms. The van der Waals surface area contributed by atoms with E-state index >= 15 is 0 Å². The van der Waals surface area contributed by atoms with Crippen molar-refractivity contribution in [1.29, 1.82) is 0 Å². The lowest BCUT2D eigenvalue weighted by atomic mass is 10.2. The fraction of sp³-hybridized carbons (Fsp3) is 0.375. The van der Waals surface area contributed by atoms with Gasteiger partial charge in [0.1, 0.15) is 5.82 Å². The molecule has 110 valence electrons. The van der Waals surface area contributed by atoms with E-state index in [1.165, 1.54) is 0 Å². The first kappa shape index (κ1) is 16.0. The van der Waals surface area contributed by atoms with Gasteiger partial charge in [-0.3, -0.25) is 5.32 Å². The van der Waals surface area contributed by atoms with Crippen LogP contribution < -0.4 is 5.32 Å². The van der Waals surface area contributed by atoms with Crippen LogP contribution in [0.2, 0.25) is 0 Å². The Morgan fingerprint density at radius 2 is 1.95 bits per heavy atom. The largest absolute Gasteiger partial charge is 0.449 e. The lowest BCUT2D eigenvalue weighted by Gasteiger charge is -2.08. The summed E-state index contributed by atoms with van der Waals surface area (Å²) >= 11 is 0. The topological polar surface area (TPSA) is 51.2 Å². The zero-order valence-corrected chi connectivity index (χ0v) is 12.5. The maximum Gasteiger partial charge on any atom is 0.412 e. The van der Waals surface area contributed by atoms with Crippen molar-refractivity contribution in [2.24, 2.45) is 5.92 Å². The summed E-state index contributed by atoms with van der Waals surface area (Å²) in [4.78, 5) is 15.6. The molecule has 0 aliphatic heterocycles. The summed E-state index contributed by atoms with van der Waals surface area (Å²) in [5.74, 6) is 0.822. The highest BCUT2D eigenvalue weighted by Crippen LogP contribution is 2.16. The van der Waals surface area contributed by atoms with Gasteiger partial charge in [0.05, 0.1) is 6.61 Å². The summed E-state index contributed by atoms with van der Waals surface area (Å²) < 4.78 is 5.03. The SMILES string of the molecule is CC.CC(C)COC(=O)Nc1cc2ccccc2cn1.[HH]. The number of ether oxygens (including phenoxy) is 1. The molecule has 0 unspecified atom stereocenters. The first-order chi connectivity index (χ1) is 9.65. The van der Waals surface area contributed by atoms with Gasteiger partial charge in [-0.2, -0.15) is 0 Å². The van der Waals surface area contributed by atoms with Crippen molar-refractivity contribution >= 4 is 22.7 Å². The Labute approximate surface area is 121 Å². The maximum atomic E-state index is 11.5. The summed E-state index contributed by atoms with van der Waals surface area (Å²) in [7, 11) is 0. The van der Waals surface area contributed by atoms with E-state index in [0.717, 1.165) is 10.8 Å². The van der Waals surface area contributed by atoms with Crippen LogP contribution in [-0.2, 0) is 4.74 Å². The molecule has 0 bridgehead atoms. The smallest absolute Gasteiger partial charge is 0.412 e. The predicted octanol–water partition coefficient (Wildman–Crippen LogP) is 4.71. The van der Waals surface area contributed by atoms with Crippen molar-refractivity contribution in [3.05, 3.63) is 36.5 Å². The normalized spacial score (nSPS) is 9.85. The van der Waals surface area contributed by atoms with Crippen molar-refractivity contribution in [3.63, 3.8) is 0 Å². The molecule has 2 aromatic rings. The van der Waals surface area contributed by atoms with E-state index in [1.54, 1.807) is 6.20 Å². The molecular weight excluding hydrogens is 252 g/mol. The Morgan fingerprint density at radius 1 is 1.30 bits per heavy atom. The quantitative estimate of drug-likeness (QED) is 0.883. The van der Waals surface area contributed by atoms with Gasteiger partial charge in [0.25, 0.3) is 0 Å². The molecule has 20 heavy (non-hydrogen) atoms. The number of carbonyl (C=O) groups is 1. The number of hydrogen-bond donors (Lipinski definition) is 1. The van der Waals surface area contributed by atoms with Gasteiger partial charge in [0, 0.05) is 13.0 Å². The number of fused-ring (bicyclic) bond motifs is 1. The molecule has 0 atom stereocenters. The van der Waals surface area contributed by atoms with Crippen LogP contribution in [0.25, 0.3) is 10.8 Å². The van der Waals surface area contributed by atoms with Crippen LogP contribution in [0.4, 0.5) is 10.6 Å². The second-order valence-corrected chi connectivity index (χ2v) is 4.53. The van der Waals surface area contributed by atoms with Crippen LogP contribution in [0, 0.1) is 5.92 Å². The van der Waals surface area contributed by atoms with Crippen molar-refractivity contribution in [3.8, 4) is 0 Å². The summed E-state index contributed by atoms with van der Waals surface area (Å²) in [6.07, 6.45) is 1.26. The monoisotopic (exact) mass is 276 g/mol. The number of amides is 1. The molecule has 1 amide bonds. The molecule has 0 radical (unpaired) electrons.